The first-order valence-corrected chi connectivity index (χ1v) is 7.04. The minimum Gasteiger partial charge on any atom is -0.339 e. The summed E-state index contributed by atoms with van der Waals surface area (Å²) in [5.74, 6) is -0.754. The Kier molecular flexibility index (Phi) is 6.53. The number of carbonyl (C=O) groups excluding carboxylic acids is 3. The fourth-order valence-corrected chi connectivity index (χ4v) is 2.13. The van der Waals surface area contributed by atoms with Gasteiger partial charge < -0.3 is 20.4 Å². The van der Waals surface area contributed by atoms with Gasteiger partial charge in [-0.2, -0.15) is 5.26 Å². The van der Waals surface area contributed by atoms with E-state index in [4.69, 9.17) is 11.0 Å². The summed E-state index contributed by atoms with van der Waals surface area (Å²) in [5.41, 5.74) is 5.30. The predicted molar refractivity (Wildman–Crippen MR) is 79.0 cm³/mol. The van der Waals surface area contributed by atoms with E-state index in [2.05, 4.69) is 0 Å². The summed E-state index contributed by atoms with van der Waals surface area (Å²) < 4.78 is 0. The number of carbonyl (C=O) groups is 3. The first kappa shape index (κ1) is 17.7. The van der Waals surface area contributed by atoms with Crippen molar-refractivity contribution in [1.29, 1.82) is 5.26 Å². The third kappa shape index (κ3) is 4.56. The highest BCUT2D eigenvalue weighted by Crippen LogP contribution is 2.08. The number of amides is 3. The summed E-state index contributed by atoms with van der Waals surface area (Å²) in [6, 6.07) is 1.83. The molecule has 0 bridgehead atoms. The van der Waals surface area contributed by atoms with Crippen LogP contribution in [0, 0.1) is 11.3 Å². The molecule has 2 N–H and O–H groups in total. The highest BCUT2D eigenvalue weighted by Gasteiger charge is 2.25. The lowest BCUT2D eigenvalue weighted by atomic mass is 10.2. The van der Waals surface area contributed by atoms with Gasteiger partial charge in [0.25, 0.3) is 5.91 Å². The van der Waals surface area contributed by atoms with Crippen molar-refractivity contribution < 1.29 is 14.4 Å². The lowest BCUT2D eigenvalue weighted by Crippen LogP contribution is -2.50. The van der Waals surface area contributed by atoms with Gasteiger partial charge in [-0.15, -0.1) is 0 Å². The summed E-state index contributed by atoms with van der Waals surface area (Å²) in [6.45, 7) is 4.93. The molecule has 0 aliphatic carbocycles. The van der Waals surface area contributed by atoms with Crippen molar-refractivity contribution in [3.8, 4) is 6.07 Å². The van der Waals surface area contributed by atoms with Gasteiger partial charge in [0.1, 0.15) is 11.6 Å². The van der Waals surface area contributed by atoms with Gasteiger partial charge in [0.05, 0.1) is 0 Å². The second kappa shape index (κ2) is 8.14. The standard InChI is InChI=1S/C14H21N5O3/c1-11(20)17-5-7-18(8-6-17)14(22)13(9-16)10-19(4-3-15)12(2)21/h10H,3-8,15H2,1-2H3/b13-10-. The molecule has 0 unspecified atom stereocenters. The topological polar surface area (TPSA) is 111 Å². The lowest BCUT2D eigenvalue weighted by Gasteiger charge is -2.34. The number of rotatable bonds is 4. The van der Waals surface area contributed by atoms with Gasteiger partial charge in [-0.1, -0.05) is 0 Å². The van der Waals surface area contributed by atoms with Gasteiger partial charge in [-0.3, -0.25) is 14.4 Å². The third-order valence-corrected chi connectivity index (χ3v) is 3.42. The van der Waals surface area contributed by atoms with Gasteiger partial charge >= 0.3 is 0 Å². The summed E-state index contributed by atoms with van der Waals surface area (Å²) in [5, 5.41) is 9.17. The molecule has 1 rings (SSSR count). The summed E-state index contributed by atoms with van der Waals surface area (Å²) in [6.07, 6.45) is 1.24. The normalized spacial score (nSPS) is 15.3. The lowest BCUT2D eigenvalue weighted by molar-refractivity contribution is -0.136. The number of nitrogens with zero attached hydrogens (tertiary/aromatic N) is 4. The summed E-state index contributed by atoms with van der Waals surface area (Å²) in [7, 11) is 0. The first-order valence-electron chi connectivity index (χ1n) is 7.04. The van der Waals surface area contributed by atoms with Crippen LogP contribution in [0.3, 0.4) is 0 Å². The smallest absolute Gasteiger partial charge is 0.266 e. The van der Waals surface area contributed by atoms with Gasteiger partial charge in [0.2, 0.25) is 11.8 Å². The monoisotopic (exact) mass is 307 g/mol. The molecule has 3 amide bonds. The van der Waals surface area contributed by atoms with Crippen molar-refractivity contribution in [3.05, 3.63) is 11.8 Å². The summed E-state index contributed by atoms with van der Waals surface area (Å²) >= 11 is 0. The van der Waals surface area contributed by atoms with Crippen molar-refractivity contribution in [2.75, 3.05) is 39.3 Å². The highest BCUT2D eigenvalue weighted by molar-refractivity contribution is 5.97. The quantitative estimate of drug-likeness (QED) is 0.523. The molecule has 1 fully saturated rings. The van der Waals surface area contributed by atoms with E-state index in [0.29, 0.717) is 26.2 Å². The Hall–Kier alpha value is -2.40. The molecule has 0 atom stereocenters. The SMILES string of the molecule is CC(=O)N(/C=C(/C#N)C(=O)N1CCN(C(C)=O)CC1)CCN. The molecule has 120 valence electrons. The average Bonchev–Trinajstić information content (AvgIpc) is 2.50. The molecule has 0 aromatic rings. The van der Waals surface area contributed by atoms with E-state index in [1.165, 1.54) is 29.8 Å². The largest absolute Gasteiger partial charge is 0.339 e. The molecule has 8 nitrogen and oxygen atoms in total. The Morgan fingerprint density at radius 3 is 2.14 bits per heavy atom. The molecular weight excluding hydrogens is 286 g/mol. The number of nitriles is 1. The molecule has 0 spiro atoms. The molecule has 8 heteroatoms. The zero-order valence-corrected chi connectivity index (χ0v) is 12.9. The summed E-state index contributed by atoms with van der Waals surface area (Å²) in [4.78, 5) is 39.5. The number of hydrogen-bond donors (Lipinski definition) is 1. The molecule has 0 radical (unpaired) electrons. The Balaban J connectivity index is 2.79. The van der Waals surface area contributed by atoms with Crippen LogP contribution in [0.15, 0.2) is 11.8 Å². The van der Waals surface area contributed by atoms with Crippen LogP contribution in [-0.4, -0.2) is 71.7 Å². The molecule has 22 heavy (non-hydrogen) atoms. The van der Waals surface area contributed by atoms with Crippen LogP contribution >= 0.6 is 0 Å². The second-order valence-corrected chi connectivity index (χ2v) is 4.95. The van der Waals surface area contributed by atoms with Crippen molar-refractivity contribution in [1.82, 2.24) is 14.7 Å². The number of piperazine rings is 1. The van der Waals surface area contributed by atoms with Gasteiger partial charge in [-0.25, -0.2) is 0 Å². The molecular formula is C14H21N5O3. The van der Waals surface area contributed by atoms with Gasteiger partial charge in [-0.05, 0) is 0 Å². The molecule has 0 aromatic heterocycles. The third-order valence-electron chi connectivity index (χ3n) is 3.42. The van der Waals surface area contributed by atoms with E-state index < -0.39 is 5.91 Å². The molecule has 1 saturated heterocycles. The average molecular weight is 307 g/mol. The minimum absolute atomic E-state index is 0.0335. The van der Waals surface area contributed by atoms with Crippen molar-refractivity contribution in [2.24, 2.45) is 5.73 Å². The van der Waals surface area contributed by atoms with Gasteiger partial charge in [0.15, 0.2) is 0 Å². The Morgan fingerprint density at radius 1 is 1.18 bits per heavy atom. The fraction of sp³-hybridized carbons (Fsp3) is 0.571. The van der Waals surface area contributed by atoms with Crippen molar-refractivity contribution in [3.63, 3.8) is 0 Å². The van der Waals surface area contributed by atoms with Crippen LogP contribution in [0.4, 0.5) is 0 Å². The maximum absolute atomic E-state index is 12.3. The van der Waals surface area contributed by atoms with E-state index in [1.54, 1.807) is 4.90 Å². The molecule has 1 heterocycles. The van der Waals surface area contributed by atoms with Crippen molar-refractivity contribution in [2.45, 2.75) is 13.8 Å². The van der Waals surface area contributed by atoms with Crippen LogP contribution in [-0.2, 0) is 14.4 Å². The van der Waals surface area contributed by atoms with Crippen LogP contribution in [0.1, 0.15) is 13.8 Å². The van der Waals surface area contributed by atoms with Crippen LogP contribution in [0.25, 0.3) is 0 Å². The molecule has 0 saturated carbocycles. The second-order valence-electron chi connectivity index (χ2n) is 4.95. The maximum Gasteiger partial charge on any atom is 0.266 e. The number of hydrogen-bond acceptors (Lipinski definition) is 5. The zero-order chi connectivity index (χ0) is 16.7. The molecule has 0 aromatic carbocycles. The van der Waals surface area contributed by atoms with E-state index in [9.17, 15) is 14.4 Å². The van der Waals surface area contributed by atoms with Crippen LogP contribution in [0.5, 0.6) is 0 Å². The van der Waals surface area contributed by atoms with E-state index in [0.717, 1.165) is 0 Å². The molecule has 1 aliphatic rings. The molecule has 1 aliphatic heterocycles. The van der Waals surface area contributed by atoms with Crippen LogP contribution in [0.2, 0.25) is 0 Å². The highest BCUT2D eigenvalue weighted by atomic mass is 16.2. The minimum atomic E-state index is -0.436. The Labute approximate surface area is 129 Å². The van der Waals surface area contributed by atoms with E-state index in [1.807, 2.05) is 6.07 Å². The van der Waals surface area contributed by atoms with Gasteiger partial charge in [0, 0.05) is 59.3 Å². The number of nitrogens with two attached hydrogens (primary N) is 1. The zero-order valence-electron chi connectivity index (χ0n) is 12.9. The Bertz CT molecular complexity index is 515. The first-order chi connectivity index (χ1) is 10.4. The van der Waals surface area contributed by atoms with E-state index >= 15 is 0 Å². The maximum atomic E-state index is 12.3. The predicted octanol–water partition coefficient (Wildman–Crippen LogP) is -1.11. The fourth-order valence-electron chi connectivity index (χ4n) is 2.13. The van der Waals surface area contributed by atoms with Crippen LogP contribution < -0.4 is 5.73 Å². The Morgan fingerprint density at radius 2 is 1.73 bits per heavy atom. The van der Waals surface area contributed by atoms with Crippen molar-refractivity contribution >= 4 is 17.7 Å². The van der Waals surface area contributed by atoms with E-state index in [-0.39, 0.29) is 30.5 Å².